The van der Waals surface area contributed by atoms with Gasteiger partial charge in [0, 0.05) is 50.5 Å². The van der Waals surface area contributed by atoms with E-state index in [4.69, 9.17) is 5.73 Å². The summed E-state index contributed by atoms with van der Waals surface area (Å²) in [5, 5.41) is 0. The molecule has 2 N–H and O–H groups in total. The van der Waals surface area contributed by atoms with E-state index >= 15 is 0 Å². The first-order valence-corrected chi connectivity index (χ1v) is 7.62. The predicted molar refractivity (Wildman–Crippen MR) is 78.1 cm³/mol. The van der Waals surface area contributed by atoms with Crippen LogP contribution < -0.4 is 10.6 Å². The van der Waals surface area contributed by atoms with Crippen molar-refractivity contribution in [2.24, 2.45) is 5.73 Å². The van der Waals surface area contributed by atoms with Crippen LogP contribution in [0.3, 0.4) is 0 Å². The fraction of sp³-hybridized carbons (Fsp3) is 0.667. The van der Waals surface area contributed by atoms with Crippen molar-refractivity contribution < 1.29 is 4.39 Å². The summed E-state index contributed by atoms with van der Waals surface area (Å²) >= 11 is 0. The Balaban J connectivity index is 1.65. The number of piperazine rings is 1. The molecule has 1 saturated heterocycles. The molecule has 3 rings (SSSR count). The molecule has 0 aromatic carbocycles. The molecule has 1 aliphatic heterocycles. The van der Waals surface area contributed by atoms with Crippen molar-refractivity contribution in [3.63, 3.8) is 0 Å². The number of halogens is 1. The molecule has 2 fully saturated rings. The summed E-state index contributed by atoms with van der Waals surface area (Å²) in [5.41, 5.74) is 6.11. The molecule has 2 aliphatic rings. The van der Waals surface area contributed by atoms with Gasteiger partial charge in [-0.2, -0.15) is 0 Å². The van der Waals surface area contributed by atoms with Crippen LogP contribution in [0.5, 0.6) is 0 Å². The lowest BCUT2D eigenvalue weighted by molar-refractivity contribution is 0.187. The zero-order chi connectivity index (χ0) is 13.9. The highest BCUT2D eigenvalue weighted by Crippen LogP contribution is 2.26. The van der Waals surface area contributed by atoms with Crippen LogP contribution in [0.4, 0.5) is 10.2 Å². The van der Waals surface area contributed by atoms with Crippen molar-refractivity contribution >= 4 is 5.82 Å². The lowest BCUT2D eigenvalue weighted by atomic mass is 10.1. The molecule has 0 atom stereocenters. The number of hydrogen-bond acceptors (Lipinski definition) is 4. The highest BCUT2D eigenvalue weighted by molar-refractivity contribution is 5.43. The summed E-state index contributed by atoms with van der Waals surface area (Å²) in [6.07, 6.45) is 7.04. The number of anilines is 1. The Morgan fingerprint density at radius 3 is 2.55 bits per heavy atom. The predicted octanol–water partition coefficient (Wildman–Crippen LogP) is 1.74. The summed E-state index contributed by atoms with van der Waals surface area (Å²) in [4.78, 5) is 8.83. The molecule has 1 aliphatic carbocycles. The lowest BCUT2D eigenvalue weighted by Crippen LogP contribution is -2.50. The second kappa shape index (κ2) is 6.06. The minimum Gasteiger partial charge on any atom is -0.352 e. The molecule has 0 unspecified atom stereocenters. The van der Waals surface area contributed by atoms with Gasteiger partial charge in [-0.1, -0.05) is 12.8 Å². The van der Waals surface area contributed by atoms with E-state index < -0.39 is 0 Å². The second-order valence-corrected chi connectivity index (χ2v) is 5.77. The Kier molecular flexibility index (Phi) is 4.17. The molecule has 1 saturated carbocycles. The molecule has 0 radical (unpaired) electrons. The highest BCUT2D eigenvalue weighted by atomic mass is 19.1. The van der Waals surface area contributed by atoms with Gasteiger partial charge in [-0.05, 0) is 18.9 Å². The van der Waals surface area contributed by atoms with Crippen LogP contribution in [0.2, 0.25) is 0 Å². The van der Waals surface area contributed by atoms with Crippen molar-refractivity contribution in [3.05, 3.63) is 23.6 Å². The maximum Gasteiger partial charge on any atom is 0.170 e. The Bertz CT molecular complexity index is 451. The van der Waals surface area contributed by atoms with Crippen molar-refractivity contribution in [2.45, 2.75) is 38.3 Å². The molecule has 0 bridgehead atoms. The molecule has 5 heteroatoms. The molecule has 20 heavy (non-hydrogen) atoms. The normalized spacial score (nSPS) is 21.6. The fourth-order valence-corrected chi connectivity index (χ4v) is 3.42. The summed E-state index contributed by atoms with van der Waals surface area (Å²) in [7, 11) is 0. The standard InChI is InChI=1S/C15H23FN4/c16-14-12(11-17)5-6-18-15(14)20-9-7-19(8-10-20)13-3-1-2-4-13/h5-6,13H,1-4,7-11,17H2. The molecule has 2 heterocycles. The molecular formula is C15H23FN4. The maximum absolute atomic E-state index is 14.3. The number of nitrogens with zero attached hydrogens (tertiary/aromatic N) is 3. The zero-order valence-electron chi connectivity index (χ0n) is 11.9. The minimum atomic E-state index is -0.246. The number of hydrogen-bond donors (Lipinski definition) is 1. The van der Waals surface area contributed by atoms with Gasteiger partial charge in [-0.25, -0.2) is 9.37 Å². The van der Waals surface area contributed by atoms with Gasteiger partial charge < -0.3 is 10.6 Å². The van der Waals surface area contributed by atoms with Crippen LogP contribution in [0.25, 0.3) is 0 Å². The minimum absolute atomic E-state index is 0.226. The van der Waals surface area contributed by atoms with Gasteiger partial charge >= 0.3 is 0 Å². The van der Waals surface area contributed by atoms with E-state index in [2.05, 4.69) is 14.8 Å². The number of nitrogens with two attached hydrogens (primary N) is 1. The average Bonchev–Trinajstić information content (AvgIpc) is 3.02. The van der Waals surface area contributed by atoms with E-state index in [0.29, 0.717) is 11.4 Å². The van der Waals surface area contributed by atoms with Gasteiger partial charge in [0.15, 0.2) is 11.6 Å². The van der Waals surface area contributed by atoms with Gasteiger partial charge in [-0.3, -0.25) is 4.90 Å². The van der Waals surface area contributed by atoms with Crippen LogP contribution in [0, 0.1) is 5.82 Å². The molecule has 0 spiro atoms. The van der Waals surface area contributed by atoms with Gasteiger partial charge in [0.1, 0.15) is 0 Å². The summed E-state index contributed by atoms with van der Waals surface area (Å²) in [6, 6.07) is 2.42. The van der Waals surface area contributed by atoms with E-state index in [9.17, 15) is 4.39 Å². The van der Waals surface area contributed by atoms with Gasteiger partial charge in [0.05, 0.1) is 0 Å². The van der Waals surface area contributed by atoms with Crippen molar-refractivity contribution in [1.82, 2.24) is 9.88 Å². The summed E-state index contributed by atoms with van der Waals surface area (Å²) in [6.45, 7) is 3.96. The molecule has 110 valence electrons. The molecule has 4 nitrogen and oxygen atoms in total. The summed E-state index contributed by atoms with van der Waals surface area (Å²) in [5.74, 6) is 0.225. The van der Waals surface area contributed by atoms with E-state index in [1.165, 1.54) is 25.7 Å². The average molecular weight is 278 g/mol. The van der Waals surface area contributed by atoms with E-state index in [0.717, 1.165) is 32.2 Å². The van der Waals surface area contributed by atoms with Crippen LogP contribution >= 0.6 is 0 Å². The Morgan fingerprint density at radius 1 is 1.20 bits per heavy atom. The van der Waals surface area contributed by atoms with Crippen molar-refractivity contribution in [1.29, 1.82) is 0 Å². The fourth-order valence-electron chi connectivity index (χ4n) is 3.42. The number of rotatable bonds is 3. The molecule has 1 aromatic heterocycles. The van der Waals surface area contributed by atoms with Crippen LogP contribution in [-0.4, -0.2) is 42.1 Å². The Hall–Kier alpha value is -1.20. The van der Waals surface area contributed by atoms with Crippen molar-refractivity contribution in [2.75, 3.05) is 31.1 Å². The number of pyridine rings is 1. The highest BCUT2D eigenvalue weighted by Gasteiger charge is 2.27. The Labute approximate surface area is 119 Å². The third-order valence-electron chi connectivity index (χ3n) is 4.63. The first kappa shape index (κ1) is 13.8. The zero-order valence-corrected chi connectivity index (χ0v) is 11.9. The largest absolute Gasteiger partial charge is 0.352 e. The van der Waals surface area contributed by atoms with Crippen LogP contribution in [0.1, 0.15) is 31.2 Å². The Morgan fingerprint density at radius 2 is 1.90 bits per heavy atom. The van der Waals surface area contributed by atoms with Gasteiger partial charge in [-0.15, -0.1) is 0 Å². The van der Waals surface area contributed by atoms with Gasteiger partial charge in [0.25, 0.3) is 0 Å². The molecular weight excluding hydrogens is 255 g/mol. The van der Waals surface area contributed by atoms with E-state index in [1.54, 1.807) is 12.3 Å². The topological polar surface area (TPSA) is 45.4 Å². The maximum atomic E-state index is 14.3. The van der Waals surface area contributed by atoms with Crippen LogP contribution in [0.15, 0.2) is 12.3 Å². The van der Waals surface area contributed by atoms with Crippen molar-refractivity contribution in [3.8, 4) is 0 Å². The first-order valence-electron chi connectivity index (χ1n) is 7.62. The second-order valence-electron chi connectivity index (χ2n) is 5.77. The smallest absolute Gasteiger partial charge is 0.170 e. The quantitative estimate of drug-likeness (QED) is 0.915. The van der Waals surface area contributed by atoms with E-state index in [1.807, 2.05) is 0 Å². The lowest BCUT2D eigenvalue weighted by Gasteiger charge is -2.38. The first-order chi connectivity index (χ1) is 9.79. The monoisotopic (exact) mass is 278 g/mol. The summed E-state index contributed by atoms with van der Waals surface area (Å²) < 4.78 is 14.3. The SMILES string of the molecule is NCc1ccnc(N2CCN(C3CCCC3)CC2)c1F. The van der Waals surface area contributed by atoms with Crippen LogP contribution in [-0.2, 0) is 6.54 Å². The third-order valence-corrected chi connectivity index (χ3v) is 4.63. The number of aromatic nitrogens is 1. The van der Waals surface area contributed by atoms with Gasteiger partial charge in [0.2, 0.25) is 0 Å². The molecule has 1 aromatic rings. The molecule has 0 amide bonds. The third kappa shape index (κ3) is 2.65. The van der Waals surface area contributed by atoms with E-state index in [-0.39, 0.29) is 12.4 Å².